The van der Waals surface area contributed by atoms with Gasteiger partial charge < -0.3 is 5.32 Å². The van der Waals surface area contributed by atoms with Crippen LogP contribution in [0.1, 0.15) is 31.3 Å². The highest BCUT2D eigenvalue weighted by Gasteiger charge is 2.05. The van der Waals surface area contributed by atoms with Crippen molar-refractivity contribution in [1.29, 1.82) is 0 Å². The van der Waals surface area contributed by atoms with Gasteiger partial charge in [-0.1, -0.05) is 0 Å². The SMILES string of the molecule is CC(C)n1nccc1CNCc1ccn(C)n1. The summed E-state index contributed by atoms with van der Waals surface area (Å²) in [6.45, 7) is 5.86. The predicted molar refractivity (Wildman–Crippen MR) is 66.4 cm³/mol. The van der Waals surface area contributed by atoms with Crippen LogP contribution in [0.5, 0.6) is 0 Å². The minimum atomic E-state index is 0.400. The van der Waals surface area contributed by atoms with E-state index in [1.807, 2.05) is 40.9 Å². The molecule has 0 unspecified atom stereocenters. The standard InChI is InChI=1S/C12H19N5/c1-10(2)17-12(4-6-14-17)9-13-8-11-5-7-16(3)15-11/h4-7,10,13H,8-9H2,1-3H3. The number of hydrogen-bond acceptors (Lipinski definition) is 3. The quantitative estimate of drug-likeness (QED) is 0.851. The van der Waals surface area contributed by atoms with E-state index in [-0.39, 0.29) is 0 Å². The van der Waals surface area contributed by atoms with Crippen LogP contribution in [0.15, 0.2) is 24.5 Å². The number of nitrogens with one attached hydrogen (secondary N) is 1. The lowest BCUT2D eigenvalue weighted by Gasteiger charge is -2.11. The number of aromatic nitrogens is 4. The van der Waals surface area contributed by atoms with Crippen LogP contribution < -0.4 is 5.32 Å². The second kappa shape index (κ2) is 5.14. The first-order valence-electron chi connectivity index (χ1n) is 5.88. The summed E-state index contributed by atoms with van der Waals surface area (Å²) in [5.41, 5.74) is 2.26. The van der Waals surface area contributed by atoms with Gasteiger partial charge in [0, 0.05) is 38.6 Å². The lowest BCUT2D eigenvalue weighted by molar-refractivity contribution is 0.494. The van der Waals surface area contributed by atoms with E-state index >= 15 is 0 Å². The van der Waals surface area contributed by atoms with Gasteiger partial charge in [0.15, 0.2) is 0 Å². The molecule has 5 heteroatoms. The smallest absolute Gasteiger partial charge is 0.0762 e. The van der Waals surface area contributed by atoms with Crippen LogP contribution in [0.25, 0.3) is 0 Å². The molecule has 5 nitrogen and oxygen atoms in total. The van der Waals surface area contributed by atoms with Crippen molar-refractivity contribution >= 4 is 0 Å². The molecule has 2 aromatic heterocycles. The molecule has 2 rings (SSSR count). The Morgan fingerprint density at radius 3 is 2.76 bits per heavy atom. The number of rotatable bonds is 5. The maximum atomic E-state index is 4.32. The fourth-order valence-corrected chi connectivity index (χ4v) is 1.82. The maximum absolute atomic E-state index is 4.32. The molecular weight excluding hydrogens is 214 g/mol. The molecule has 2 aromatic rings. The molecule has 17 heavy (non-hydrogen) atoms. The van der Waals surface area contributed by atoms with Crippen molar-refractivity contribution in [1.82, 2.24) is 24.9 Å². The third-order valence-corrected chi connectivity index (χ3v) is 2.62. The summed E-state index contributed by atoms with van der Waals surface area (Å²) in [6.07, 6.45) is 3.80. The fraction of sp³-hybridized carbons (Fsp3) is 0.500. The van der Waals surface area contributed by atoms with Gasteiger partial charge in [0.05, 0.1) is 11.4 Å². The zero-order valence-electron chi connectivity index (χ0n) is 10.6. The van der Waals surface area contributed by atoms with Crippen LogP contribution in [0, 0.1) is 0 Å². The third kappa shape index (κ3) is 2.94. The van der Waals surface area contributed by atoms with E-state index in [1.165, 1.54) is 5.69 Å². The first kappa shape index (κ1) is 11.9. The molecule has 1 N–H and O–H groups in total. The molecule has 0 fully saturated rings. The van der Waals surface area contributed by atoms with Crippen molar-refractivity contribution in [2.24, 2.45) is 7.05 Å². The van der Waals surface area contributed by atoms with Gasteiger partial charge in [0.1, 0.15) is 0 Å². The lowest BCUT2D eigenvalue weighted by atomic mass is 10.3. The molecule has 0 amide bonds. The van der Waals surface area contributed by atoms with Gasteiger partial charge in [-0.25, -0.2) is 0 Å². The second-order valence-electron chi connectivity index (χ2n) is 4.45. The van der Waals surface area contributed by atoms with Gasteiger partial charge in [-0.15, -0.1) is 0 Å². The van der Waals surface area contributed by atoms with Gasteiger partial charge in [0.25, 0.3) is 0 Å². The Kier molecular flexibility index (Phi) is 3.58. The van der Waals surface area contributed by atoms with Gasteiger partial charge in [-0.2, -0.15) is 10.2 Å². The number of nitrogens with zero attached hydrogens (tertiary/aromatic N) is 4. The Morgan fingerprint density at radius 2 is 2.12 bits per heavy atom. The third-order valence-electron chi connectivity index (χ3n) is 2.62. The average Bonchev–Trinajstić information content (AvgIpc) is 2.87. The van der Waals surface area contributed by atoms with Crippen molar-refractivity contribution in [2.45, 2.75) is 33.0 Å². The molecule has 0 spiro atoms. The molecule has 2 heterocycles. The van der Waals surface area contributed by atoms with Gasteiger partial charge in [0.2, 0.25) is 0 Å². The van der Waals surface area contributed by atoms with Crippen LogP contribution in [-0.4, -0.2) is 19.6 Å². The van der Waals surface area contributed by atoms with Crippen LogP contribution in [0.3, 0.4) is 0 Å². The average molecular weight is 233 g/mol. The molecule has 0 saturated heterocycles. The summed E-state index contributed by atoms with van der Waals surface area (Å²) in [7, 11) is 1.93. The Bertz CT molecular complexity index is 469. The Labute approximate surface area is 101 Å². The highest BCUT2D eigenvalue weighted by molar-refractivity contribution is 5.03. The van der Waals surface area contributed by atoms with Gasteiger partial charge in [-0.05, 0) is 26.0 Å². The summed E-state index contributed by atoms with van der Waals surface area (Å²) in [4.78, 5) is 0. The summed E-state index contributed by atoms with van der Waals surface area (Å²) >= 11 is 0. The molecule has 0 atom stereocenters. The number of hydrogen-bond donors (Lipinski definition) is 1. The first-order chi connectivity index (χ1) is 8.16. The van der Waals surface area contributed by atoms with Crippen LogP contribution in [-0.2, 0) is 20.1 Å². The Morgan fingerprint density at radius 1 is 1.29 bits per heavy atom. The first-order valence-corrected chi connectivity index (χ1v) is 5.88. The van der Waals surface area contributed by atoms with E-state index in [9.17, 15) is 0 Å². The molecule has 0 aliphatic rings. The van der Waals surface area contributed by atoms with Crippen LogP contribution >= 0.6 is 0 Å². The summed E-state index contributed by atoms with van der Waals surface area (Å²) in [5.74, 6) is 0. The zero-order chi connectivity index (χ0) is 12.3. The van der Waals surface area contributed by atoms with Crippen molar-refractivity contribution in [2.75, 3.05) is 0 Å². The lowest BCUT2D eigenvalue weighted by Crippen LogP contribution is -2.17. The summed E-state index contributed by atoms with van der Waals surface area (Å²) in [5, 5.41) is 12.0. The topological polar surface area (TPSA) is 47.7 Å². The summed E-state index contributed by atoms with van der Waals surface area (Å²) < 4.78 is 3.85. The highest BCUT2D eigenvalue weighted by Crippen LogP contribution is 2.07. The number of aryl methyl sites for hydroxylation is 1. The molecule has 0 saturated carbocycles. The van der Waals surface area contributed by atoms with Crippen molar-refractivity contribution in [3.8, 4) is 0 Å². The minimum absolute atomic E-state index is 0.400. The van der Waals surface area contributed by atoms with E-state index < -0.39 is 0 Å². The molecule has 0 aromatic carbocycles. The van der Waals surface area contributed by atoms with Gasteiger partial charge in [-0.3, -0.25) is 9.36 Å². The van der Waals surface area contributed by atoms with Crippen LogP contribution in [0.2, 0.25) is 0 Å². The van der Waals surface area contributed by atoms with Crippen molar-refractivity contribution < 1.29 is 0 Å². The van der Waals surface area contributed by atoms with E-state index in [0.717, 1.165) is 18.8 Å². The monoisotopic (exact) mass is 233 g/mol. The molecule has 92 valence electrons. The van der Waals surface area contributed by atoms with E-state index in [1.54, 1.807) is 0 Å². The van der Waals surface area contributed by atoms with Crippen molar-refractivity contribution in [3.05, 3.63) is 35.9 Å². The van der Waals surface area contributed by atoms with E-state index in [4.69, 9.17) is 0 Å². The van der Waals surface area contributed by atoms with Crippen molar-refractivity contribution in [3.63, 3.8) is 0 Å². The van der Waals surface area contributed by atoms with Crippen LogP contribution in [0.4, 0.5) is 0 Å². The predicted octanol–water partition coefficient (Wildman–Crippen LogP) is 1.49. The van der Waals surface area contributed by atoms with Gasteiger partial charge >= 0.3 is 0 Å². The Hall–Kier alpha value is -1.62. The fourth-order valence-electron chi connectivity index (χ4n) is 1.82. The second-order valence-corrected chi connectivity index (χ2v) is 4.45. The molecule has 0 bridgehead atoms. The normalized spacial score (nSPS) is 11.3. The highest BCUT2D eigenvalue weighted by atomic mass is 15.3. The molecule has 0 radical (unpaired) electrons. The summed E-state index contributed by atoms with van der Waals surface area (Å²) in [6, 6.07) is 4.47. The Balaban J connectivity index is 1.88. The minimum Gasteiger partial charge on any atom is -0.305 e. The van der Waals surface area contributed by atoms with E-state index in [2.05, 4.69) is 29.4 Å². The molecular formula is C12H19N5. The molecule has 0 aliphatic heterocycles. The van der Waals surface area contributed by atoms with E-state index in [0.29, 0.717) is 6.04 Å². The molecule has 0 aliphatic carbocycles. The largest absolute Gasteiger partial charge is 0.305 e. The zero-order valence-corrected chi connectivity index (χ0v) is 10.6. The maximum Gasteiger partial charge on any atom is 0.0762 e.